The van der Waals surface area contributed by atoms with Gasteiger partial charge in [0.15, 0.2) is 0 Å². The summed E-state index contributed by atoms with van der Waals surface area (Å²) < 4.78 is 115. The van der Waals surface area contributed by atoms with Crippen molar-refractivity contribution < 1.29 is 43.5 Å². The molecule has 17 heavy (non-hydrogen) atoms. The molecule has 1 N–H and O–H groups in total. The fourth-order valence-corrected chi connectivity index (χ4v) is 2.22. The van der Waals surface area contributed by atoms with Gasteiger partial charge in [0.25, 0.3) is 10.0 Å². The molecule has 0 heterocycles. The summed E-state index contributed by atoms with van der Waals surface area (Å²) in [5.74, 6) is -11.7. The van der Waals surface area contributed by atoms with Crippen LogP contribution in [0.3, 0.4) is 0 Å². The Morgan fingerprint density at radius 1 is 1.12 bits per heavy atom. The van der Waals surface area contributed by atoms with Crippen molar-refractivity contribution in [2.24, 2.45) is 0 Å². The van der Waals surface area contributed by atoms with E-state index < -0.39 is 45.3 Å². The maximum Gasteiger partial charge on any atom is 0.427 e. The lowest BCUT2D eigenvalue weighted by Gasteiger charge is -2.30. The molecule has 0 rings (SSSR count). The third-order valence-corrected chi connectivity index (χ3v) is 3.79. The minimum absolute atomic E-state index is 0.0631. The van der Waals surface area contributed by atoms with Gasteiger partial charge in [0, 0.05) is 18.2 Å². The molecule has 13 heteroatoms. The Kier molecular flexibility index (Phi) is 4.26. The molecule has 5 nitrogen and oxygen atoms in total. The zero-order chi connectivity index (χ0) is 14.3. The lowest BCUT2D eigenvalue weighted by molar-refractivity contribution is -0.271. The van der Waals surface area contributed by atoms with Crippen LogP contribution in [0.1, 0.15) is 6.92 Å². The van der Waals surface area contributed by atoms with E-state index in [1.165, 1.54) is 0 Å². The van der Waals surface area contributed by atoms with Crippen LogP contribution in [-0.4, -0.2) is 34.3 Å². The van der Waals surface area contributed by atoms with Gasteiger partial charge in [-0.2, -0.15) is 26.3 Å². The third kappa shape index (κ3) is 2.89. The average molecular weight is 308 g/mol. The Hall–Kier alpha value is -0.400. The van der Waals surface area contributed by atoms with Gasteiger partial charge in [0.2, 0.25) is 0 Å². The summed E-state index contributed by atoms with van der Waals surface area (Å²) in [6.07, 6.45) is 0. The van der Waals surface area contributed by atoms with Crippen LogP contribution in [0.4, 0.5) is 26.3 Å². The second kappa shape index (κ2) is 4.37. The third-order valence-electron chi connectivity index (χ3n) is 1.43. The van der Waals surface area contributed by atoms with E-state index in [1.54, 1.807) is 0 Å². The van der Waals surface area contributed by atoms with Crippen LogP contribution in [-0.2, 0) is 21.3 Å². The van der Waals surface area contributed by atoms with E-state index in [2.05, 4.69) is 0 Å². The van der Waals surface area contributed by atoms with Crippen LogP contribution in [0.2, 0.25) is 0 Å². The molecule has 104 valence electrons. The van der Waals surface area contributed by atoms with Crippen LogP contribution in [0.25, 0.3) is 0 Å². The summed E-state index contributed by atoms with van der Waals surface area (Å²) in [6.45, 7) is -0.634. The van der Waals surface area contributed by atoms with E-state index in [1.807, 2.05) is 0 Å². The van der Waals surface area contributed by atoms with Crippen molar-refractivity contribution in [3.63, 3.8) is 0 Å². The monoisotopic (exact) mass is 308 g/mol. The summed E-state index contributed by atoms with van der Waals surface area (Å²) in [5, 5.41) is -6.31. The van der Waals surface area contributed by atoms with E-state index in [-0.39, 0.29) is 4.13 Å². The quantitative estimate of drug-likeness (QED) is 0.595. The highest BCUT2D eigenvalue weighted by Gasteiger charge is 2.75. The Balaban J connectivity index is 5.65. The van der Waals surface area contributed by atoms with E-state index in [9.17, 15) is 43.5 Å². The molecule has 0 aromatic rings. The minimum atomic E-state index is -6.53. The molecular formula is C4H4F6NO4S2-. The molecule has 0 spiro atoms. The number of sulfonamides is 1. The van der Waals surface area contributed by atoms with Gasteiger partial charge in [-0.3, -0.25) is 4.21 Å². The summed E-state index contributed by atoms with van der Waals surface area (Å²) in [7, 11) is -6.53. The first-order valence-corrected chi connectivity index (χ1v) is 5.97. The van der Waals surface area contributed by atoms with Gasteiger partial charge in [0.1, 0.15) is 0 Å². The van der Waals surface area contributed by atoms with Gasteiger partial charge in [-0.05, 0) is 0 Å². The minimum Gasteiger partial charge on any atom is -0.759 e. The van der Waals surface area contributed by atoms with Crippen LogP contribution >= 0.6 is 0 Å². The molecule has 0 saturated carbocycles. The molecule has 0 aliphatic rings. The van der Waals surface area contributed by atoms with E-state index in [0.717, 1.165) is 0 Å². The van der Waals surface area contributed by atoms with Crippen molar-refractivity contribution in [1.29, 1.82) is 0 Å². The SMILES string of the molecule is CC(F)(F)C(F)(F)C(F)(F)S(=O)(=O)NS(=O)[O-]. The number of nitrogens with one attached hydrogen (secondary N) is 1. The molecule has 0 aliphatic heterocycles. The summed E-state index contributed by atoms with van der Waals surface area (Å²) in [4.78, 5) is 0. The van der Waals surface area contributed by atoms with Crippen molar-refractivity contribution in [2.75, 3.05) is 0 Å². The molecule has 1 unspecified atom stereocenters. The molecular weight excluding hydrogens is 304 g/mol. The highest BCUT2D eigenvalue weighted by Crippen LogP contribution is 2.47. The molecule has 0 radical (unpaired) electrons. The fourth-order valence-electron chi connectivity index (χ4n) is 0.566. The standard InChI is InChI=1S/C4H5F6NO4S2/c1-2(5,6)3(7,8)4(9,10)17(14,15)11-16(12)13/h11H,1H3,(H,12,13)/p-1. The number of rotatable bonds is 5. The molecule has 1 atom stereocenters. The smallest absolute Gasteiger partial charge is 0.427 e. The second-order valence-corrected chi connectivity index (χ2v) is 5.46. The lowest BCUT2D eigenvalue weighted by atomic mass is 10.2. The van der Waals surface area contributed by atoms with Gasteiger partial charge >= 0.3 is 17.1 Å². The van der Waals surface area contributed by atoms with Crippen LogP contribution < -0.4 is 4.13 Å². The highest BCUT2D eigenvalue weighted by molar-refractivity contribution is 8.00. The van der Waals surface area contributed by atoms with E-state index in [0.29, 0.717) is 0 Å². The second-order valence-electron chi connectivity index (χ2n) is 2.80. The van der Waals surface area contributed by atoms with Gasteiger partial charge in [-0.15, -0.1) is 4.13 Å². The van der Waals surface area contributed by atoms with E-state index in [4.69, 9.17) is 0 Å². The Morgan fingerprint density at radius 2 is 1.47 bits per heavy atom. The summed E-state index contributed by atoms with van der Waals surface area (Å²) in [5.41, 5.74) is 0. The van der Waals surface area contributed by atoms with Gasteiger partial charge in [-0.25, -0.2) is 8.42 Å². The fraction of sp³-hybridized carbons (Fsp3) is 1.00. The summed E-state index contributed by atoms with van der Waals surface area (Å²) >= 11 is -3.89. The first-order valence-electron chi connectivity index (χ1n) is 3.41. The molecule has 0 aliphatic carbocycles. The van der Waals surface area contributed by atoms with Crippen LogP contribution in [0, 0.1) is 0 Å². The lowest BCUT2D eigenvalue weighted by Crippen LogP contribution is -2.59. The number of alkyl halides is 6. The van der Waals surface area contributed by atoms with Crippen LogP contribution in [0.5, 0.6) is 0 Å². The topological polar surface area (TPSA) is 86.3 Å². The zero-order valence-corrected chi connectivity index (χ0v) is 9.35. The normalized spacial score (nSPS) is 16.9. The van der Waals surface area contributed by atoms with Gasteiger partial charge in [0.05, 0.1) is 0 Å². The first-order chi connectivity index (χ1) is 7.17. The van der Waals surface area contributed by atoms with Gasteiger partial charge in [-0.1, -0.05) is 0 Å². The number of halogens is 6. The number of hydrogen-bond donors (Lipinski definition) is 1. The first kappa shape index (κ1) is 16.6. The Bertz CT molecular complexity index is 414. The van der Waals surface area contributed by atoms with Crippen molar-refractivity contribution in [2.45, 2.75) is 24.0 Å². The van der Waals surface area contributed by atoms with Crippen LogP contribution in [0.15, 0.2) is 0 Å². The molecule has 0 aromatic heterocycles. The predicted molar refractivity (Wildman–Crippen MR) is 41.5 cm³/mol. The molecule has 0 aromatic carbocycles. The molecule has 0 amide bonds. The summed E-state index contributed by atoms with van der Waals surface area (Å²) in [6, 6.07) is 0. The average Bonchev–Trinajstić information content (AvgIpc) is 1.98. The van der Waals surface area contributed by atoms with Crippen molar-refractivity contribution in [1.82, 2.24) is 4.13 Å². The van der Waals surface area contributed by atoms with Crippen molar-refractivity contribution in [3.8, 4) is 0 Å². The van der Waals surface area contributed by atoms with Crippen molar-refractivity contribution in [3.05, 3.63) is 0 Å². The Morgan fingerprint density at radius 3 is 1.71 bits per heavy atom. The molecule has 0 bridgehead atoms. The van der Waals surface area contributed by atoms with E-state index >= 15 is 0 Å². The number of hydrogen-bond acceptors (Lipinski definition) is 4. The Labute approximate surface area is 93.7 Å². The largest absolute Gasteiger partial charge is 0.759 e. The van der Waals surface area contributed by atoms with Crippen molar-refractivity contribution >= 4 is 21.3 Å². The van der Waals surface area contributed by atoms with Gasteiger partial charge < -0.3 is 4.55 Å². The maximum absolute atomic E-state index is 12.7. The zero-order valence-electron chi connectivity index (χ0n) is 7.72. The maximum atomic E-state index is 12.7. The molecule has 0 saturated heterocycles. The predicted octanol–water partition coefficient (Wildman–Crippen LogP) is 0.583. The highest BCUT2D eigenvalue weighted by atomic mass is 32.3. The molecule has 0 fully saturated rings.